The van der Waals surface area contributed by atoms with E-state index < -0.39 is 0 Å². The van der Waals surface area contributed by atoms with E-state index in [0.29, 0.717) is 17.5 Å². The highest BCUT2D eigenvalue weighted by atomic mass is 15.1. The van der Waals surface area contributed by atoms with Crippen molar-refractivity contribution in [2.75, 3.05) is 5.32 Å². The lowest BCUT2D eigenvalue weighted by Gasteiger charge is -2.09. The van der Waals surface area contributed by atoms with Crippen LogP contribution >= 0.6 is 0 Å². The molecule has 2 unspecified atom stereocenters. The molecule has 1 N–H and O–H groups in total. The van der Waals surface area contributed by atoms with Crippen LogP contribution in [0.4, 0.5) is 5.82 Å². The van der Waals surface area contributed by atoms with Gasteiger partial charge in [-0.25, -0.2) is 4.98 Å². The van der Waals surface area contributed by atoms with Crippen LogP contribution in [-0.4, -0.2) is 11.0 Å². The Kier molecular flexibility index (Phi) is 2.89. The summed E-state index contributed by atoms with van der Waals surface area (Å²) in [6.07, 6.45) is 4.39. The number of aryl methyl sites for hydroxylation is 2. The molecule has 0 saturated heterocycles. The molecule has 0 spiro atoms. The van der Waals surface area contributed by atoms with Crippen LogP contribution < -0.4 is 5.32 Å². The lowest BCUT2D eigenvalue weighted by Crippen LogP contribution is -2.09. The molecule has 2 atom stereocenters. The molecule has 2 aliphatic carbocycles. The van der Waals surface area contributed by atoms with Crippen molar-refractivity contribution in [3.8, 4) is 6.07 Å². The molecule has 2 aliphatic rings. The zero-order chi connectivity index (χ0) is 14.2. The summed E-state index contributed by atoms with van der Waals surface area (Å²) in [5, 5.41) is 12.8. The Hall–Kier alpha value is -2.34. The molecule has 1 aromatic carbocycles. The number of nitrogens with one attached hydrogen (secondary N) is 1. The summed E-state index contributed by atoms with van der Waals surface area (Å²) in [6, 6.07) is 15.3. The lowest BCUT2D eigenvalue weighted by molar-refractivity contribution is 0.898. The predicted molar refractivity (Wildman–Crippen MR) is 82.2 cm³/mol. The van der Waals surface area contributed by atoms with E-state index in [1.807, 2.05) is 12.1 Å². The van der Waals surface area contributed by atoms with Crippen LogP contribution in [0.1, 0.15) is 41.1 Å². The maximum absolute atomic E-state index is 9.34. The Labute approximate surface area is 124 Å². The molecule has 1 heterocycles. The monoisotopic (exact) mass is 275 g/mol. The van der Waals surface area contributed by atoms with Gasteiger partial charge in [0.05, 0.1) is 5.56 Å². The molecule has 104 valence electrons. The van der Waals surface area contributed by atoms with Crippen molar-refractivity contribution < 1.29 is 0 Å². The standard InChI is InChI=1S/C18H17N3/c19-11-14-9-13-7-4-8-16(13)20-18(14)21-17-10-15(17)12-5-2-1-3-6-12/h1-3,5-6,9,15,17H,4,7-8,10H2,(H,20,21). The van der Waals surface area contributed by atoms with Gasteiger partial charge in [0.1, 0.15) is 11.9 Å². The fourth-order valence-electron chi connectivity index (χ4n) is 3.27. The van der Waals surface area contributed by atoms with E-state index in [-0.39, 0.29) is 0 Å². The number of pyridine rings is 1. The molecule has 0 aliphatic heterocycles. The topological polar surface area (TPSA) is 48.7 Å². The van der Waals surface area contributed by atoms with Gasteiger partial charge < -0.3 is 5.32 Å². The number of hydrogen-bond donors (Lipinski definition) is 1. The summed E-state index contributed by atoms with van der Waals surface area (Å²) in [5.74, 6) is 1.33. The second kappa shape index (κ2) is 4.89. The van der Waals surface area contributed by atoms with Crippen LogP contribution in [0.2, 0.25) is 0 Å². The van der Waals surface area contributed by atoms with E-state index >= 15 is 0 Å². The molecule has 2 aromatic rings. The first-order valence-electron chi connectivity index (χ1n) is 7.59. The SMILES string of the molecule is N#Cc1cc2c(nc1NC1CC1c1ccccc1)CCC2. The van der Waals surface area contributed by atoms with Crippen molar-refractivity contribution in [1.82, 2.24) is 4.98 Å². The number of nitrogens with zero attached hydrogens (tertiary/aromatic N) is 2. The predicted octanol–water partition coefficient (Wildman–Crippen LogP) is 3.41. The highest BCUT2D eigenvalue weighted by Gasteiger charge is 2.39. The van der Waals surface area contributed by atoms with Crippen LogP contribution in [0.15, 0.2) is 36.4 Å². The third-order valence-corrected chi connectivity index (χ3v) is 4.51. The maximum Gasteiger partial charge on any atom is 0.144 e. The van der Waals surface area contributed by atoms with Crippen molar-refractivity contribution in [3.05, 3.63) is 58.8 Å². The van der Waals surface area contributed by atoms with E-state index in [9.17, 15) is 5.26 Å². The third-order valence-electron chi connectivity index (χ3n) is 4.51. The molecular weight excluding hydrogens is 258 g/mol. The molecule has 3 heteroatoms. The smallest absolute Gasteiger partial charge is 0.144 e. The molecule has 0 amide bonds. The van der Waals surface area contributed by atoms with Gasteiger partial charge in [-0.1, -0.05) is 30.3 Å². The van der Waals surface area contributed by atoms with Gasteiger partial charge in [-0.2, -0.15) is 5.26 Å². The first kappa shape index (κ1) is 12.4. The molecule has 4 rings (SSSR count). The highest BCUT2D eigenvalue weighted by molar-refractivity contribution is 5.57. The Bertz CT molecular complexity index is 715. The van der Waals surface area contributed by atoms with Gasteiger partial charge in [0, 0.05) is 17.7 Å². The van der Waals surface area contributed by atoms with Crippen molar-refractivity contribution in [1.29, 1.82) is 5.26 Å². The molecule has 0 bridgehead atoms. The van der Waals surface area contributed by atoms with Gasteiger partial charge in [0.25, 0.3) is 0 Å². The minimum atomic E-state index is 0.409. The number of aromatic nitrogens is 1. The number of rotatable bonds is 3. The zero-order valence-electron chi connectivity index (χ0n) is 11.8. The molecule has 1 fully saturated rings. The molecule has 1 aromatic heterocycles. The Balaban J connectivity index is 1.55. The Morgan fingerprint density at radius 1 is 1.19 bits per heavy atom. The van der Waals surface area contributed by atoms with Crippen molar-refractivity contribution in [3.63, 3.8) is 0 Å². The second-order valence-corrected chi connectivity index (χ2v) is 5.96. The van der Waals surface area contributed by atoms with E-state index in [1.54, 1.807) is 0 Å². The summed E-state index contributed by atoms with van der Waals surface area (Å²) in [4.78, 5) is 4.70. The fourth-order valence-corrected chi connectivity index (χ4v) is 3.27. The van der Waals surface area contributed by atoms with Crippen molar-refractivity contribution >= 4 is 5.82 Å². The number of fused-ring (bicyclic) bond motifs is 1. The summed E-state index contributed by atoms with van der Waals surface area (Å²) < 4.78 is 0. The maximum atomic E-state index is 9.34. The molecule has 3 nitrogen and oxygen atoms in total. The zero-order valence-corrected chi connectivity index (χ0v) is 11.8. The Morgan fingerprint density at radius 3 is 2.86 bits per heavy atom. The number of anilines is 1. The van der Waals surface area contributed by atoms with E-state index in [1.165, 1.54) is 16.8 Å². The average Bonchev–Trinajstić information content (AvgIpc) is 3.14. The molecule has 0 radical (unpaired) electrons. The van der Waals surface area contributed by atoms with Crippen LogP contribution in [0, 0.1) is 11.3 Å². The normalized spacial score (nSPS) is 22.4. The summed E-state index contributed by atoms with van der Waals surface area (Å²) in [5.41, 5.74) is 4.49. The molecule has 21 heavy (non-hydrogen) atoms. The van der Waals surface area contributed by atoms with E-state index in [2.05, 4.69) is 35.7 Å². The highest BCUT2D eigenvalue weighted by Crippen LogP contribution is 2.43. The minimum Gasteiger partial charge on any atom is -0.366 e. The van der Waals surface area contributed by atoms with Gasteiger partial charge in [0.2, 0.25) is 0 Å². The van der Waals surface area contributed by atoms with E-state index in [4.69, 9.17) is 4.98 Å². The van der Waals surface area contributed by atoms with Crippen molar-refractivity contribution in [2.24, 2.45) is 0 Å². The second-order valence-electron chi connectivity index (χ2n) is 5.96. The van der Waals surface area contributed by atoms with Crippen LogP contribution in [0.3, 0.4) is 0 Å². The summed E-state index contributed by atoms with van der Waals surface area (Å²) in [7, 11) is 0. The van der Waals surface area contributed by atoms with Crippen molar-refractivity contribution in [2.45, 2.75) is 37.6 Å². The quantitative estimate of drug-likeness (QED) is 0.933. The van der Waals surface area contributed by atoms with E-state index in [0.717, 1.165) is 31.5 Å². The fraction of sp³-hybridized carbons (Fsp3) is 0.333. The summed E-state index contributed by atoms with van der Waals surface area (Å²) >= 11 is 0. The molecule has 1 saturated carbocycles. The van der Waals surface area contributed by atoms with Crippen LogP contribution in [0.25, 0.3) is 0 Å². The van der Waals surface area contributed by atoms with Gasteiger partial charge in [-0.05, 0) is 42.9 Å². The first-order chi connectivity index (χ1) is 10.3. The Morgan fingerprint density at radius 2 is 2.05 bits per heavy atom. The lowest BCUT2D eigenvalue weighted by atomic mass is 10.1. The minimum absolute atomic E-state index is 0.409. The third kappa shape index (κ3) is 2.27. The number of benzene rings is 1. The van der Waals surface area contributed by atoms with Gasteiger partial charge in [0.15, 0.2) is 0 Å². The molecular formula is C18H17N3. The largest absolute Gasteiger partial charge is 0.366 e. The number of nitriles is 1. The van der Waals surface area contributed by atoms with Crippen LogP contribution in [-0.2, 0) is 12.8 Å². The first-order valence-corrected chi connectivity index (χ1v) is 7.59. The summed E-state index contributed by atoms with van der Waals surface area (Å²) in [6.45, 7) is 0. The number of hydrogen-bond acceptors (Lipinski definition) is 3. The average molecular weight is 275 g/mol. The van der Waals surface area contributed by atoms with Gasteiger partial charge >= 0.3 is 0 Å². The van der Waals surface area contributed by atoms with Gasteiger partial charge in [-0.3, -0.25) is 0 Å². The van der Waals surface area contributed by atoms with Gasteiger partial charge in [-0.15, -0.1) is 0 Å². The van der Waals surface area contributed by atoms with Crippen LogP contribution in [0.5, 0.6) is 0 Å².